The van der Waals surface area contributed by atoms with Gasteiger partial charge >= 0.3 is 5.97 Å². The number of rotatable bonds is 6. The second-order valence-corrected chi connectivity index (χ2v) is 5.20. The van der Waals surface area contributed by atoms with E-state index in [0.29, 0.717) is 22.6 Å². The maximum atomic E-state index is 12.0. The van der Waals surface area contributed by atoms with E-state index in [1.165, 1.54) is 20.5 Å². The maximum Gasteiger partial charge on any atom is 0.341 e. The molecule has 0 heterocycles. The predicted octanol–water partition coefficient (Wildman–Crippen LogP) is 4.53. The SMILES string of the molecule is COC=C(C(=O)OC)c1ccccc1Oc1cccc(CBr)c1. The van der Waals surface area contributed by atoms with Gasteiger partial charge in [0.1, 0.15) is 17.1 Å². The van der Waals surface area contributed by atoms with Gasteiger partial charge in [0.15, 0.2) is 0 Å². The molecular formula is C18H17BrO4. The minimum atomic E-state index is -0.489. The van der Waals surface area contributed by atoms with Crippen LogP contribution in [0, 0.1) is 0 Å². The molecule has 0 saturated carbocycles. The highest BCUT2D eigenvalue weighted by Gasteiger charge is 2.18. The summed E-state index contributed by atoms with van der Waals surface area (Å²) in [6.07, 6.45) is 1.35. The first-order chi connectivity index (χ1) is 11.2. The van der Waals surface area contributed by atoms with E-state index in [1.807, 2.05) is 36.4 Å². The fourth-order valence-electron chi connectivity index (χ4n) is 2.05. The number of hydrogen-bond acceptors (Lipinski definition) is 4. The van der Waals surface area contributed by atoms with E-state index in [9.17, 15) is 4.79 Å². The highest BCUT2D eigenvalue weighted by molar-refractivity contribution is 9.08. The fraction of sp³-hybridized carbons (Fsp3) is 0.167. The van der Waals surface area contributed by atoms with Crippen molar-refractivity contribution >= 4 is 27.5 Å². The van der Waals surface area contributed by atoms with Gasteiger partial charge in [0.05, 0.1) is 20.5 Å². The molecule has 0 saturated heterocycles. The van der Waals surface area contributed by atoms with Crippen LogP contribution in [0.25, 0.3) is 5.57 Å². The molecule has 0 N–H and O–H groups in total. The molecule has 0 unspecified atom stereocenters. The van der Waals surface area contributed by atoms with Crippen molar-refractivity contribution < 1.29 is 19.0 Å². The molecule has 0 aliphatic carbocycles. The van der Waals surface area contributed by atoms with E-state index in [0.717, 1.165) is 10.9 Å². The zero-order valence-corrected chi connectivity index (χ0v) is 14.5. The summed E-state index contributed by atoms with van der Waals surface area (Å²) in [5, 5.41) is 0.739. The minimum Gasteiger partial charge on any atom is -0.503 e. The average molecular weight is 377 g/mol. The van der Waals surface area contributed by atoms with E-state index in [2.05, 4.69) is 15.9 Å². The van der Waals surface area contributed by atoms with Gasteiger partial charge in [0, 0.05) is 10.9 Å². The lowest BCUT2D eigenvalue weighted by Gasteiger charge is -2.13. The number of halogens is 1. The Hall–Kier alpha value is -2.27. The van der Waals surface area contributed by atoms with Crippen molar-refractivity contribution in [3.63, 3.8) is 0 Å². The van der Waals surface area contributed by atoms with Crippen molar-refractivity contribution in [2.24, 2.45) is 0 Å². The molecule has 4 nitrogen and oxygen atoms in total. The Morgan fingerprint density at radius 3 is 2.61 bits per heavy atom. The first-order valence-corrected chi connectivity index (χ1v) is 8.05. The normalized spacial score (nSPS) is 11.0. The molecule has 2 aromatic rings. The molecule has 2 aromatic carbocycles. The Morgan fingerprint density at radius 1 is 1.13 bits per heavy atom. The predicted molar refractivity (Wildman–Crippen MR) is 92.6 cm³/mol. The van der Waals surface area contributed by atoms with Gasteiger partial charge in [-0.1, -0.05) is 46.3 Å². The second kappa shape index (κ2) is 8.39. The highest BCUT2D eigenvalue weighted by atomic mass is 79.9. The number of para-hydroxylation sites is 1. The fourth-order valence-corrected chi connectivity index (χ4v) is 2.40. The van der Waals surface area contributed by atoms with Crippen LogP contribution in [0.2, 0.25) is 0 Å². The third-order valence-corrected chi connectivity index (χ3v) is 3.75. The van der Waals surface area contributed by atoms with Crippen LogP contribution in [0.5, 0.6) is 11.5 Å². The van der Waals surface area contributed by atoms with Gasteiger partial charge in [0.2, 0.25) is 0 Å². The first kappa shape index (κ1) is 17.1. The number of carbonyl (C=O) groups is 1. The van der Waals surface area contributed by atoms with Gasteiger partial charge in [0.25, 0.3) is 0 Å². The molecule has 0 bridgehead atoms. The summed E-state index contributed by atoms with van der Waals surface area (Å²) in [6, 6.07) is 15.0. The lowest BCUT2D eigenvalue weighted by atomic mass is 10.1. The number of benzene rings is 2. The number of ether oxygens (including phenoxy) is 3. The summed E-state index contributed by atoms with van der Waals surface area (Å²) in [4.78, 5) is 12.0. The molecule has 0 aliphatic heterocycles. The van der Waals surface area contributed by atoms with Crippen LogP contribution in [0.15, 0.2) is 54.8 Å². The average Bonchev–Trinajstić information content (AvgIpc) is 2.60. The minimum absolute atomic E-state index is 0.294. The van der Waals surface area contributed by atoms with E-state index in [4.69, 9.17) is 14.2 Å². The summed E-state index contributed by atoms with van der Waals surface area (Å²) in [7, 11) is 2.81. The smallest absolute Gasteiger partial charge is 0.341 e. The third-order valence-electron chi connectivity index (χ3n) is 3.10. The highest BCUT2D eigenvalue weighted by Crippen LogP contribution is 2.31. The molecule has 2 rings (SSSR count). The molecule has 0 aromatic heterocycles. The lowest BCUT2D eigenvalue weighted by molar-refractivity contribution is -0.133. The molecule has 120 valence electrons. The van der Waals surface area contributed by atoms with E-state index in [1.54, 1.807) is 12.1 Å². The maximum absolute atomic E-state index is 12.0. The van der Waals surface area contributed by atoms with Gasteiger partial charge in [-0.2, -0.15) is 0 Å². The topological polar surface area (TPSA) is 44.8 Å². The van der Waals surface area contributed by atoms with Crippen LogP contribution < -0.4 is 4.74 Å². The standard InChI is InChI=1S/C18H17BrO4/c1-21-12-16(18(20)22-2)15-8-3-4-9-17(15)23-14-7-5-6-13(10-14)11-19/h3-10,12H,11H2,1-2H3. The Balaban J connectivity index is 2.40. The van der Waals surface area contributed by atoms with E-state index < -0.39 is 5.97 Å². The van der Waals surface area contributed by atoms with Crippen LogP contribution in [-0.4, -0.2) is 20.2 Å². The van der Waals surface area contributed by atoms with Crippen molar-refractivity contribution in [3.8, 4) is 11.5 Å². The van der Waals surface area contributed by atoms with Crippen molar-refractivity contribution in [1.29, 1.82) is 0 Å². The second-order valence-electron chi connectivity index (χ2n) is 4.64. The van der Waals surface area contributed by atoms with Gasteiger partial charge in [-0.3, -0.25) is 0 Å². The van der Waals surface area contributed by atoms with Crippen molar-refractivity contribution in [2.45, 2.75) is 5.33 Å². The van der Waals surface area contributed by atoms with Crippen LogP contribution >= 0.6 is 15.9 Å². The Labute approximate surface area is 143 Å². The number of carbonyl (C=O) groups excluding carboxylic acids is 1. The van der Waals surface area contributed by atoms with Gasteiger partial charge in [-0.15, -0.1) is 0 Å². The van der Waals surface area contributed by atoms with Crippen molar-refractivity contribution in [3.05, 3.63) is 65.9 Å². The molecule has 5 heteroatoms. The molecule has 0 amide bonds. The monoisotopic (exact) mass is 376 g/mol. The van der Waals surface area contributed by atoms with Crippen LogP contribution in [0.4, 0.5) is 0 Å². The van der Waals surface area contributed by atoms with Crippen molar-refractivity contribution in [2.75, 3.05) is 14.2 Å². The Morgan fingerprint density at radius 2 is 1.91 bits per heavy atom. The quantitative estimate of drug-likeness (QED) is 0.321. The summed E-state index contributed by atoms with van der Waals surface area (Å²) >= 11 is 3.42. The lowest BCUT2D eigenvalue weighted by Crippen LogP contribution is -2.05. The zero-order valence-electron chi connectivity index (χ0n) is 12.9. The molecular weight excluding hydrogens is 360 g/mol. The number of methoxy groups -OCH3 is 2. The molecule has 0 aliphatic rings. The molecule has 0 atom stereocenters. The summed E-state index contributed by atoms with van der Waals surface area (Å²) in [6.45, 7) is 0. The van der Waals surface area contributed by atoms with Gasteiger partial charge in [-0.25, -0.2) is 4.79 Å². The molecule has 23 heavy (non-hydrogen) atoms. The summed E-state index contributed by atoms with van der Waals surface area (Å²) in [5.41, 5.74) is 1.99. The summed E-state index contributed by atoms with van der Waals surface area (Å²) < 4.78 is 15.8. The summed E-state index contributed by atoms with van der Waals surface area (Å²) in [5.74, 6) is 0.751. The number of hydrogen-bond donors (Lipinski definition) is 0. The zero-order chi connectivity index (χ0) is 16.7. The van der Waals surface area contributed by atoms with Gasteiger partial charge in [-0.05, 0) is 23.8 Å². The number of esters is 1. The third kappa shape index (κ3) is 4.36. The van der Waals surface area contributed by atoms with Crippen LogP contribution in [0.3, 0.4) is 0 Å². The molecule has 0 fully saturated rings. The van der Waals surface area contributed by atoms with Gasteiger partial charge < -0.3 is 14.2 Å². The van der Waals surface area contributed by atoms with Crippen molar-refractivity contribution in [1.82, 2.24) is 0 Å². The largest absolute Gasteiger partial charge is 0.503 e. The molecule has 0 spiro atoms. The van der Waals surface area contributed by atoms with Crippen LogP contribution in [-0.2, 0) is 19.6 Å². The molecule has 0 radical (unpaired) electrons. The van der Waals surface area contributed by atoms with E-state index in [-0.39, 0.29) is 0 Å². The number of alkyl halides is 1. The van der Waals surface area contributed by atoms with E-state index >= 15 is 0 Å². The Kier molecular flexibility index (Phi) is 6.23. The first-order valence-electron chi connectivity index (χ1n) is 6.93. The Bertz CT molecular complexity index is 710. The van der Waals surface area contributed by atoms with Crippen LogP contribution in [0.1, 0.15) is 11.1 Å².